The van der Waals surface area contributed by atoms with Crippen LogP contribution in [0.25, 0.3) is 10.9 Å². The molecule has 31 heavy (non-hydrogen) atoms. The predicted molar refractivity (Wildman–Crippen MR) is 119 cm³/mol. The van der Waals surface area contributed by atoms with Crippen molar-refractivity contribution in [1.29, 1.82) is 0 Å². The molecule has 1 saturated carbocycles. The van der Waals surface area contributed by atoms with Crippen molar-refractivity contribution in [2.45, 2.75) is 51.2 Å². The number of methoxy groups -OCH3 is 1. The largest absolute Gasteiger partial charge is 0.493 e. The van der Waals surface area contributed by atoms with E-state index in [2.05, 4.69) is 4.98 Å². The third-order valence-corrected chi connectivity index (χ3v) is 6.17. The molecule has 1 unspecified atom stereocenters. The van der Waals surface area contributed by atoms with Gasteiger partial charge in [-0.05, 0) is 68.5 Å². The van der Waals surface area contributed by atoms with Crippen LogP contribution in [0.5, 0.6) is 11.5 Å². The maximum atomic E-state index is 11.3. The molecule has 2 aromatic carbocycles. The molecule has 6 nitrogen and oxygen atoms in total. The average Bonchev–Trinajstić information content (AvgIpc) is 3.27. The Morgan fingerprint density at radius 3 is 2.65 bits per heavy atom. The van der Waals surface area contributed by atoms with Crippen LogP contribution in [0.1, 0.15) is 53.6 Å². The molecule has 164 valence electrons. The van der Waals surface area contributed by atoms with Crippen LogP contribution < -0.4 is 9.47 Å². The third kappa shape index (κ3) is 4.26. The number of aromatic nitrogens is 1. The van der Waals surface area contributed by atoms with E-state index in [0.29, 0.717) is 6.61 Å². The average molecular weight is 424 g/mol. The molecule has 0 spiro atoms. The van der Waals surface area contributed by atoms with E-state index >= 15 is 0 Å². The molecule has 3 aromatic rings. The van der Waals surface area contributed by atoms with Gasteiger partial charge in [0.15, 0.2) is 11.5 Å². The van der Waals surface area contributed by atoms with Crippen LogP contribution in [-0.4, -0.2) is 42.0 Å². The first kappa shape index (κ1) is 21.2. The summed E-state index contributed by atoms with van der Waals surface area (Å²) < 4.78 is 18.3. The summed E-state index contributed by atoms with van der Waals surface area (Å²) in [5.41, 5.74) is 3.50. The topological polar surface area (TPSA) is 80.8 Å². The number of aromatic carboxylic acids is 1. The summed E-state index contributed by atoms with van der Waals surface area (Å²) in [6, 6.07) is 11.1. The second-order valence-electron chi connectivity index (χ2n) is 8.07. The first-order valence-electron chi connectivity index (χ1n) is 10.8. The highest BCUT2D eigenvalue weighted by Crippen LogP contribution is 2.43. The zero-order valence-corrected chi connectivity index (χ0v) is 18.2. The minimum atomic E-state index is -0.922. The molecule has 1 heterocycles. The van der Waals surface area contributed by atoms with E-state index in [0.717, 1.165) is 52.8 Å². The Balaban J connectivity index is 1.69. The lowest BCUT2D eigenvalue weighted by molar-refractivity contribution is -0.00249. The zero-order valence-electron chi connectivity index (χ0n) is 18.2. The number of aromatic amines is 1. The highest BCUT2D eigenvalue weighted by molar-refractivity contribution is 5.91. The quantitative estimate of drug-likeness (QED) is 0.539. The van der Waals surface area contributed by atoms with E-state index in [-0.39, 0.29) is 23.7 Å². The van der Waals surface area contributed by atoms with Crippen molar-refractivity contribution in [2.24, 2.45) is 0 Å². The molecule has 0 radical (unpaired) electrons. The van der Waals surface area contributed by atoms with Gasteiger partial charge in [0.05, 0.1) is 24.3 Å². The van der Waals surface area contributed by atoms with Crippen LogP contribution in [0.3, 0.4) is 0 Å². The summed E-state index contributed by atoms with van der Waals surface area (Å²) in [5.74, 6) is 0.635. The zero-order chi connectivity index (χ0) is 22.0. The van der Waals surface area contributed by atoms with E-state index < -0.39 is 5.97 Å². The molecule has 1 aromatic heterocycles. The Kier molecular flexibility index (Phi) is 6.18. The second-order valence-corrected chi connectivity index (χ2v) is 8.07. The lowest BCUT2D eigenvalue weighted by Gasteiger charge is -2.36. The van der Waals surface area contributed by atoms with Crippen molar-refractivity contribution >= 4 is 16.9 Å². The summed E-state index contributed by atoms with van der Waals surface area (Å²) in [4.78, 5) is 14.6. The van der Waals surface area contributed by atoms with Gasteiger partial charge >= 0.3 is 5.97 Å². The van der Waals surface area contributed by atoms with Crippen LogP contribution in [0.2, 0.25) is 0 Å². The smallest absolute Gasteiger partial charge is 0.335 e. The van der Waals surface area contributed by atoms with Crippen molar-refractivity contribution in [3.8, 4) is 11.5 Å². The van der Waals surface area contributed by atoms with Crippen LogP contribution >= 0.6 is 0 Å². The molecule has 1 fully saturated rings. The molecule has 0 aliphatic heterocycles. The number of ether oxygens (including phenoxy) is 3. The van der Waals surface area contributed by atoms with Gasteiger partial charge in [-0.25, -0.2) is 4.79 Å². The normalized spacial score (nSPS) is 21.2. The van der Waals surface area contributed by atoms with Gasteiger partial charge < -0.3 is 24.3 Å². The van der Waals surface area contributed by atoms with E-state index in [1.807, 2.05) is 44.3 Å². The van der Waals surface area contributed by atoms with Gasteiger partial charge in [-0.1, -0.05) is 12.1 Å². The van der Waals surface area contributed by atoms with Gasteiger partial charge in [-0.2, -0.15) is 0 Å². The molecule has 0 bridgehead atoms. The molecule has 1 aliphatic carbocycles. The fourth-order valence-electron chi connectivity index (χ4n) is 4.63. The number of hydrogen-bond acceptors (Lipinski definition) is 4. The number of aryl methyl sites for hydroxylation is 1. The molecule has 2 N–H and O–H groups in total. The fraction of sp³-hybridized carbons (Fsp3) is 0.400. The monoisotopic (exact) mass is 423 g/mol. The number of carboxylic acids is 1. The van der Waals surface area contributed by atoms with Crippen molar-refractivity contribution in [2.75, 3.05) is 13.7 Å². The number of benzene rings is 2. The van der Waals surface area contributed by atoms with Crippen LogP contribution in [-0.2, 0) is 4.74 Å². The van der Waals surface area contributed by atoms with Crippen molar-refractivity contribution < 1.29 is 24.1 Å². The Hall–Kier alpha value is -2.99. The highest BCUT2D eigenvalue weighted by atomic mass is 16.5. The maximum absolute atomic E-state index is 11.3. The number of rotatable bonds is 7. The molecule has 3 atom stereocenters. The molecule has 0 saturated heterocycles. The van der Waals surface area contributed by atoms with Crippen molar-refractivity contribution in [1.82, 2.24) is 4.98 Å². The van der Waals surface area contributed by atoms with Crippen molar-refractivity contribution in [3.05, 3.63) is 59.3 Å². The van der Waals surface area contributed by atoms with Gasteiger partial charge in [-0.3, -0.25) is 0 Å². The summed E-state index contributed by atoms with van der Waals surface area (Å²) in [6.07, 6.45) is 4.61. The van der Waals surface area contributed by atoms with Crippen LogP contribution in [0.4, 0.5) is 0 Å². The highest BCUT2D eigenvalue weighted by Gasteiger charge is 2.34. The number of carbonyl (C=O) groups is 1. The molecular formula is C25H29NO5. The first-order chi connectivity index (χ1) is 15.0. The fourth-order valence-corrected chi connectivity index (χ4v) is 4.63. The molecule has 4 rings (SSSR count). The second kappa shape index (κ2) is 9.02. The van der Waals surface area contributed by atoms with E-state index in [9.17, 15) is 9.90 Å². The van der Waals surface area contributed by atoms with Crippen molar-refractivity contribution in [3.63, 3.8) is 0 Å². The number of carboxylic acid groups (broad SMARTS) is 1. The minimum Gasteiger partial charge on any atom is -0.493 e. The van der Waals surface area contributed by atoms with Gasteiger partial charge in [0.1, 0.15) is 6.10 Å². The van der Waals surface area contributed by atoms with Gasteiger partial charge in [0.25, 0.3) is 0 Å². The van der Waals surface area contributed by atoms with Gasteiger partial charge in [0, 0.05) is 24.1 Å². The summed E-state index contributed by atoms with van der Waals surface area (Å²) in [7, 11) is 1.66. The Morgan fingerprint density at radius 2 is 1.97 bits per heavy atom. The van der Waals surface area contributed by atoms with Crippen LogP contribution in [0, 0.1) is 6.92 Å². The lowest BCUT2D eigenvalue weighted by Crippen LogP contribution is -2.35. The maximum Gasteiger partial charge on any atom is 0.335 e. The Bertz CT molecular complexity index is 1060. The van der Waals surface area contributed by atoms with Gasteiger partial charge in [-0.15, -0.1) is 0 Å². The SMILES string of the molecule is CCOC1CC[C@@H](Oc2c(OC)cc(C)c3[nH]ccc23)[C@H](c2ccc(C(=O)O)cc2)C1. The molecule has 1 aliphatic rings. The first-order valence-corrected chi connectivity index (χ1v) is 10.8. The van der Waals surface area contributed by atoms with E-state index in [1.54, 1.807) is 19.2 Å². The molecule has 6 heteroatoms. The minimum absolute atomic E-state index is 0.0675. The third-order valence-electron chi connectivity index (χ3n) is 6.17. The Morgan fingerprint density at radius 1 is 1.19 bits per heavy atom. The Labute approximate surface area is 182 Å². The lowest BCUT2D eigenvalue weighted by atomic mass is 9.79. The number of nitrogens with one attached hydrogen (secondary N) is 1. The van der Waals surface area contributed by atoms with Crippen LogP contribution in [0.15, 0.2) is 42.6 Å². The number of hydrogen-bond donors (Lipinski definition) is 2. The molecule has 0 amide bonds. The summed E-state index contributed by atoms with van der Waals surface area (Å²) >= 11 is 0. The van der Waals surface area contributed by atoms with E-state index in [4.69, 9.17) is 14.2 Å². The summed E-state index contributed by atoms with van der Waals surface area (Å²) in [6.45, 7) is 4.74. The summed E-state index contributed by atoms with van der Waals surface area (Å²) in [5, 5.41) is 10.2. The standard InChI is InChI=1S/C25H29NO5/c1-4-30-18-9-10-21(20(14-18)16-5-7-17(8-6-16)25(27)28)31-24-19-11-12-26-23(19)15(2)13-22(24)29-3/h5-8,11-13,18,20-21,26H,4,9-10,14H2,1-3H3,(H,27,28)/t18?,20-,21+/m0/s1. The van der Waals surface area contributed by atoms with Gasteiger partial charge in [0.2, 0.25) is 0 Å². The molecular weight excluding hydrogens is 394 g/mol. The number of fused-ring (bicyclic) bond motifs is 1. The predicted octanol–water partition coefficient (Wildman–Crippen LogP) is 5.30. The van der Waals surface area contributed by atoms with E-state index in [1.165, 1.54) is 0 Å². The number of H-pyrrole nitrogens is 1.